The van der Waals surface area contributed by atoms with Crippen molar-refractivity contribution in [3.8, 4) is 0 Å². The number of hydrogen-bond donors (Lipinski definition) is 1. The van der Waals surface area contributed by atoms with Crippen molar-refractivity contribution in [1.29, 1.82) is 0 Å². The standard InChI is InChI=1S/C9H9F3IN/c10-9(11,12)6-14-5-7-3-1-2-4-8(7)13/h1-4,14H,5-6H2. The van der Waals surface area contributed by atoms with Gasteiger partial charge in [0.1, 0.15) is 0 Å². The molecule has 0 fully saturated rings. The fourth-order valence-corrected chi connectivity index (χ4v) is 1.56. The summed E-state index contributed by atoms with van der Waals surface area (Å²) in [7, 11) is 0. The zero-order valence-corrected chi connectivity index (χ0v) is 9.39. The number of halogens is 4. The van der Waals surface area contributed by atoms with Crippen molar-refractivity contribution in [1.82, 2.24) is 5.32 Å². The molecule has 1 nitrogen and oxygen atoms in total. The predicted octanol–water partition coefficient (Wildman–Crippen LogP) is 2.94. The van der Waals surface area contributed by atoms with Gasteiger partial charge in [0.2, 0.25) is 0 Å². The summed E-state index contributed by atoms with van der Waals surface area (Å²) in [5, 5.41) is 2.35. The molecule has 0 spiro atoms. The summed E-state index contributed by atoms with van der Waals surface area (Å²) in [5.74, 6) is 0. The fraction of sp³-hybridized carbons (Fsp3) is 0.333. The highest BCUT2D eigenvalue weighted by Crippen LogP contribution is 2.14. The van der Waals surface area contributed by atoms with Crippen LogP contribution in [0.3, 0.4) is 0 Å². The topological polar surface area (TPSA) is 12.0 Å². The zero-order chi connectivity index (χ0) is 10.6. The molecule has 0 amide bonds. The third-order valence-corrected chi connectivity index (χ3v) is 2.65. The van der Waals surface area contributed by atoms with Crippen molar-refractivity contribution in [3.63, 3.8) is 0 Å². The number of benzene rings is 1. The molecule has 0 saturated carbocycles. The molecule has 14 heavy (non-hydrogen) atoms. The smallest absolute Gasteiger partial charge is 0.305 e. The summed E-state index contributed by atoms with van der Waals surface area (Å²) >= 11 is 2.10. The van der Waals surface area contributed by atoms with Crippen molar-refractivity contribution >= 4 is 22.6 Å². The second-order valence-electron chi connectivity index (χ2n) is 2.81. The highest BCUT2D eigenvalue weighted by Gasteiger charge is 2.26. The molecule has 0 aromatic heterocycles. The molecule has 1 aromatic rings. The van der Waals surface area contributed by atoms with Gasteiger partial charge in [0, 0.05) is 10.1 Å². The monoisotopic (exact) mass is 315 g/mol. The van der Waals surface area contributed by atoms with Crippen LogP contribution in [0.4, 0.5) is 13.2 Å². The first-order valence-corrected chi connectivity index (χ1v) is 5.08. The Morgan fingerprint density at radius 3 is 2.43 bits per heavy atom. The maximum atomic E-state index is 11.8. The van der Waals surface area contributed by atoms with E-state index in [1.807, 2.05) is 24.3 Å². The molecule has 0 aliphatic heterocycles. The fourth-order valence-electron chi connectivity index (χ4n) is 0.981. The van der Waals surface area contributed by atoms with E-state index in [1.165, 1.54) is 0 Å². The molecular weight excluding hydrogens is 306 g/mol. The van der Waals surface area contributed by atoms with Crippen LogP contribution in [0.2, 0.25) is 0 Å². The number of hydrogen-bond acceptors (Lipinski definition) is 1. The highest BCUT2D eigenvalue weighted by atomic mass is 127. The van der Waals surface area contributed by atoms with Crippen LogP contribution in [0, 0.1) is 3.57 Å². The molecule has 78 valence electrons. The normalized spacial score (nSPS) is 11.7. The molecule has 0 radical (unpaired) electrons. The van der Waals surface area contributed by atoms with Crippen LogP contribution in [0.15, 0.2) is 24.3 Å². The van der Waals surface area contributed by atoms with Gasteiger partial charge in [0.15, 0.2) is 0 Å². The third-order valence-electron chi connectivity index (χ3n) is 1.60. The first-order chi connectivity index (χ1) is 6.49. The molecule has 0 atom stereocenters. The van der Waals surface area contributed by atoms with Gasteiger partial charge < -0.3 is 5.32 Å². The van der Waals surface area contributed by atoms with Crippen molar-refractivity contribution in [2.24, 2.45) is 0 Å². The summed E-state index contributed by atoms with van der Waals surface area (Å²) in [4.78, 5) is 0. The van der Waals surface area contributed by atoms with Gasteiger partial charge in [-0.3, -0.25) is 0 Å². The van der Waals surface area contributed by atoms with Gasteiger partial charge in [0.25, 0.3) is 0 Å². The van der Waals surface area contributed by atoms with Gasteiger partial charge in [-0.1, -0.05) is 18.2 Å². The van der Waals surface area contributed by atoms with E-state index in [4.69, 9.17) is 0 Å². The van der Waals surface area contributed by atoms with Gasteiger partial charge in [-0.15, -0.1) is 0 Å². The Morgan fingerprint density at radius 1 is 1.21 bits per heavy atom. The predicted molar refractivity (Wildman–Crippen MR) is 56.9 cm³/mol. The Kier molecular flexibility index (Phi) is 4.18. The number of rotatable bonds is 3. The van der Waals surface area contributed by atoms with E-state index in [0.29, 0.717) is 0 Å². The molecule has 0 aliphatic carbocycles. The van der Waals surface area contributed by atoms with Crippen LogP contribution in [0.5, 0.6) is 0 Å². The lowest BCUT2D eigenvalue weighted by Crippen LogP contribution is -2.28. The minimum Gasteiger partial charge on any atom is -0.305 e. The summed E-state index contributed by atoms with van der Waals surface area (Å²) in [6.45, 7) is -0.698. The molecular formula is C9H9F3IN. The van der Waals surface area contributed by atoms with E-state index in [2.05, 4.69) is 27.9 Å². The van der Waals surface area contributed by atoms with E-state index in [9.17, 15) is 13.2 Å². The van der Waals surface area contributed by atoms with E-state index in [-0.39, 0.29) is 6.54 Å². The zero-order valence-electron chi connectivity index (χ0n) is 7.24. The Morgan fingerprint density at radius 2 is 1.86 bits per heavy atom. The summed E-state index contributed by atoms with van der Waals surface area (Å²) in [6.07, 6.45) is -4.14. The Bertz CT molecular complexity index is 298. The molecule has 0 unspecified atom stereocenters. The van der Waals surface area contributed by atoms with E-state index >= 15 is 0 Å². The minimum atomic E-state index is -4.14. The SMILES string of the molecule is FC(F)(F)CNCc1ccccc1I. The van der Waals surface area contributed by atoms with Crippen molar-refractivity contribution in [2.45, 2.75) is 12.7 Å². The molecule has 0 aliphatic rings. The quantitative estimate of drug-likeness (QED) is 0.846. The van der Waals surface area contributed by atoms with Gasteiger partial charge >= 0.3 is 6.18 Å². The Hall–Kier alpha value is -0.300. The maximum Gasteiger partial charge on any atom is 0.401 e. The maximum absolute atomic E-state index is 11.8. The third kappa shape index (κ3) is 4.28. The van der Waals surface area contributed by atoms with Crippen molar-refractivity contribution in [2.75, 3.05) is 6.54 Å². The molecule has 0 heterocycles. The Labute approximate surface area is 93.8 Å². The van der Waals surface area contributed by atoms with Crippen LogP contribution < -0.4 is 5.32 Å². The molecule has 0 saturated heterocycles. The molecule has 0 bridgehead atoms. The van der Waals surface area contributed by atoms with Gasteiger partial charge in [0.05, 0.1) is 6.54 Å². The van der Waals surface area contributed by atoms with E-state index in [1.54, 1.807) is 0 Å². The average molecular weight is 315 g/mol. The van der Waals surface area contributed by atoms with Crippen LogP contribution in [-0.4, -0.2) is 12.7 Å². The first-order valence-electron chi connectivity index (χ1n) is 4.00. The highest BCUT2D eigenvalue weighted by molar-refractivity contribution is 14.1. The second kappa shape index (κ2) is 4.97. The van der Waals surface area contributed by atoms with Gasteiger partial charge in [-0.25, -0.2) is 0 Å². The lowest BCUT2D eigenvalue weighted by molar-refractivity contribution is -0.125. The van der Waals surface area contributed by atoms with Crippen LogP contribution in [-0.2, 0) is 6.54 Å². The van der Waals surface area contributed by atoms with Crippen LogP contribution in [0.25, 0.3) is 0 Å². The van der Waals surface area contributed by atoms with Crippen molar-refractivity contribution in [3.05, 3.63) is 33.4 Å². The summed E-state index contributed by atoms with van der Waals surface area (Å²) in [6, 6.07) is 7.35. The van der Waals surface area contributed by atoms with Crippen LogP contribution in [0.1, 0.15) is 5.56 Å². The van der Waals surface area contributed by atoms with Gasteiger partial charge in [-0.05, 0) is 34.2 Å². The molecule has 1 aromatic carbocycles. The number of alkyl halides is 3. The Balaban J connectivity index is 2.43. The summed E-state index contributed by atoms with van der Waals surface area (Å²) in [5.41, 5.74) is 0.886. The number of nitrogens with one attached hydrogen (secondary N) is 1. The first kappa shape index (κ1) is 11.8. The second-order valence-corrected chi connectivity index (χ2v) is 3.97. The average Bonchev–Trinajstić information content (AvgIpc) is 2.06. The molecule has 1 N–H and O–H groups in total. The largest absolute Gasteiger partial charge is 0.401 e. The van der Waals surface area contributed by atoms with Crippen LogP contribution >= 0.6 is 22.6 Å². The van der Waals surface area contributed by atoms with E-state index in [0.717, 1.165) is 9.13 Å². The lowest BCUT2D eigenvalue weighted by Gasteiger charge is -2.09. The van der Waals surface area contributed by atoms with E-state index < -0.39 is 12.7 Å². The summed E-state index contributed by atoms with van der Waals surface area (Å²) < 4.78 is 36.4. The van der Waals surface area contributed by atoms with Gasteiger partial charge in [-0.2, -0.15) is 13.2 Å². The molecule has 5 heteroatoms. The van der Waals surface area contributed by atoms with Crippen molar-refractivity contribution < 1.29 is 13.2 Å². The molecule has 1 rings (SSSR count). The minimum absolute atomic E-state index is 0.249. The lowest BCUT2D eigenvalue weighted by atomic mass is 10.2.